The number of thiophene rings is 1. The van der Waals surface area contributed by atoms with Crippen molar-refractivity contribution < 1.29 is 0 Å². The zero-order valence-electron chi connectivity index (χ0n) is 30.4. The van der Waals surface area contributed by atoms with E-state index in [9.17, 15) is 0 Å². The highest BCUT2D eigenvalue weighted by atomic mass is 32.1. The van der Waals surface area contributed by atoms with E-state index in [1.165, 1.54) is 64.7 Å². The molecule has 0 bridgehead atoms. The molecule has 262 valence electrons. The summed E-state index contributed by atoms with van der Waals surface area (Å²) >= 11 is 1.83. The maximum atomic E-state index is 5.21. The Morgan fingerprint density at radius 2 is 0.929 bits per heavy atom. The molecule has 0 radical (unpaired) electrons. The lowest BCUT2D eigenvalue weighted by Crippen LogP contribution is -2.29. The normalized spacial score (nSPS) is 12.8. The van der Waals surface area contributed by atoms with Gasteiger partial charge in [0.15, 0.2) is 5.82 Å². The second-order valence-corrected chi connectivity index (χ2v) is 15.5. The summed E-state index contributed by atoms with van der Waals surface area (Å²) in [5.41, 5.74) is 14.6. The Kier molecular flexibility index (Phi) is 7.61. The fraction of sp³-hybridized carbons (Fsp3) is 0.0189. The van der Waals surface area contributed by atoms with Gasteiger partial charge in [-0.2, -0.15) is 0 Å². The van der Waals surface area contributed by atoms with Gasteiger partial charge in [-0.25, -0.2) is 9.97 Å². The van der Waals surface area contributed by atoms with E-state index in [-0.39, 0.29) is 0 Å². The molecule has 0 unspecified atom stereocenters. The maximum absolute atomic E-state index is 5.21. The van der Waals surface area contributed by atoms with Gasteiger partial charge in [0.1, 0.15) is 0 Å². The Morgan fingerprint density at radius 3 is 1.70 bits per heavy atom. The highest BCUT2D eigenvalue weighted by Gasteiger charge is 2.47. The molecule has 0 aliphatic heterocycles. The molecule has 1 aliphatic carbocycles. The van der Waals surface area contributed by atoms with Crippen LogP contribution in [0.25, 0.3) is 76.3 Å². The molecule has 1 aliphatic rings. The van der Waals surface area contributed by atoms with Crippen molar-refractivity contribution in [1.82, 2.24) is 9.97 Å². The topological polar surface area (TPSA) is 25.8 Å². The van der Waals surface area contributed by atoms with Crippen LogP contribution >= 0.6 is 11.3 Å². The molecule has 0 N–H and O–H groups in total. The summed E-state index contributed by atoms with van der Waals surface area (Å²) in [7, 11) is 0. The maximum Gasteiger partial charge on any atom is 0.160 e. The molecule has 0 atom stereocenters. The lowest BCUT2D eigenvalue weighted by molar-refractivity contribution is 0.770. The van der Waals surface area contributed by atoms with Crippen LogP contribution in [0.5, 0.6) is 0 Å². The van der Waals surface area contributed by atoms with Crippen molar-refractivity contribution in [2.75, 3.05) is 0 Å². The number of hydrogen-bond donors (Lipinski definition) is 0. The van der Waals surface area contributed by atoms with Gasteiger partial charge in [0.25, 0.3) is 0 Å². The Balaban J connectivity index is 1.09. The number of nitrogens with zero attached hydrogens (tertiary/aromatic N) is 2. The van der Waals surface area contributed by atoms with Gasteiger partial charge in [0, 0.05) is 36.9 Å². The van der Waals surface area contributed by atoms with Gasteiger partial charge >= 0.3 is 0 Å². The third kappa shape index (κ3) is 5.02. The summed E-state index contributed by atoms with van der Waals surface area (Å²) in [5.74, 6) is 0.717. The molecule has 56 heavy (non-hydrogen) atoms. The predicted octanol–water partition coefficient (Wildman–Crippen LogP) is 13.9. The number of benzene rings is 8. The van der Waals surface area contributed by atoms with Crippen LogP contribution in [0.2, 0.25) is 0 Å². The third-order valence-corrected chi connectivity index (χ3v) is 12.6. The molecular formula is C53H34N2S. The molecular weight excluding hydrogens is 697 g/mol. The molecule has 2 nitrogen and oxygen atoms in total. The van der Waals surface area contributed by atoms with Crippen LogP contribution < -0.4 is 0 Å². The molecule has 0 saturated heterocycles. The van der Waals surface area contributed by atoms with Crippen LogP contribution in [0.15, 0.2) is 206 Å². The minimum absolute atomic E-state index is 0.483. The van der Waals surface area contributed by atoms with Crippen molar-refractivity contribution in [1.29, 1.82) is 0 Å². The highest BCUT2D eigenvalue weighted by molar-refractivity contribution is 7.26. The molecule has 2 aromatic heterocycles. The molecule has 8 aromatic carbocycles. The van der Waals surface area contributed by atoms with Crippen molar-refractivity contribution in [2.24, 2.45) is 0 Å². The van der Waals surface area contributed by atoms with Crippen LogP contribution in [0.1, 0.15) is 22.3 Å². The number of hydrogen-bond acceptors (Lipinski definition) is 3. The second kappa shape index (κ2) is 13.1. The minimum atomic E-state index is -0.483. The van der Waals surface area contributed by atoms with E-state index >= 15 is 0 Å². The van der Waals surface area contributed by atoms with Gasteiger partial charge in [-0.05, 0) is 56.6 Å². The Morgan fingerprint density at radius 1 is 0.375 bits per heavy atom. The van der Waals surface area contributed by atoms with Gasteiger partial charge in [-0.1, -0.05) is 194 Å². The van der Waals surface area contributed by atoms with E-state index in [1.807, 2.05) is 29.5 Å². The molecule has 0 spiro atoms. The summed E-state index contributed by atoms with van der Waals surface area (Å²) in [5, 5.41) is 2.54. The first-order valence-corrected chi connectivity index (χ1v) is 19.9. The van der Waals surface area contributed by atoms with Gasteiger partial charge in [-0.15, -0.1) is 11.3 Å². The van der Waals surface area contributed by atoms with Crippen LogP contribution in [-0.2, 0) is 5.41 Å². The largest absolute Gasteiger partial charge is 0.228 e. The van der Waals surface area contributed by atoms with Gasteiger partial charge < -0.3 is 0 Å². The van der Waals surface area contributed by atoms with Gasteiger partial charge in [0.05, 0.1) is 16.8 Å². The van der Waals surface area contributed by atoms with E-state index in [0.29, 0.717) is 0 Å². The third-order valence-electron chi connectivity index (χ3n) is 11.4. The van der Waals surface area contributed by atoms with Gasteiger partial charge in [0.2, 0.25) is 0 Å². The average Bonchev–Trinajstić information content (AvgIpc) is 3.82. The Labute approximate surface area is 330 Å². The smallest absolute Gasteiger partial charge is 0.160 e. The molecule has 3 heteroatoms. The van der Waals surface area contributed by atoms with Crippen molar-refractivity contribution in [3.05, 3.63) is 229 Å². The van der Waals surface area contributed by atoms with Crippen LogP contribution in [0, 0.1) is 0 Å². The Hall–Kier alpha value is -6.94. The molecule has 0 saturated carbocycles. The quantitative estimate of drug-likeness (QED) is 0.170. The monoisotopic (exact) mass is 730 g/mol. The molecule has 0 amide bonds. The fourth-order valence-corrected chi connectivity index (χ4v) is 10.2. The van der Waals surface area contributed by atoms with Crippen LogP contribution in [0.4, 0.5) is 0 Å². The minimum Gasteiger partial charge on any atom is -0.228 e. The van der Waals surface area contributed by atoms with Crippen molar-refractivity contribution in [3.8, 4) is 56.2 Å². The predicted molar refractivity (Wildman–Crippen MR) is 234 cm³/mol. The summed E-state index contributed by atoms with van der Waals surface area (Å²) < 4.78 is 2.52. The standard InChI is InChI=1S/C53H34N2S/c1-4-16-37(17-5-1)52-54-47(34-48(55-52)45-27-15-26-44-42-23-11-13-29-49(42)56-51(44)45)36-32-30-35(31-33-36)40-24-14-25-43-41-22-10-12-28-46(41)53(50(40)43,38-18-6-2-7-19-38)39-20-8-3-9-21-39/h1-34H. The Bertz CT molecular complexity index is 3020. The van der Waals surface area contributed by atoms with Crippen molar-refractivity contribution in [2.45, 2.75) is 5.41 Å². The first-order valence-electron chi connectivity index (χ1n) is 19.1. The lowest BCUT2D eigenvalue weighted by atomic mass is 9.66. The summed E-state index contributed by atoms with van der Waals surface area (Å²) in [6.45, 7) is 0. The van der Waals surface area contributed by atoms with E-state index in [1.54, 1.807) is 0 Å². The average molecular weight is 731 g/mol. The first-order chi connectivity index (χ1) is 27.8. The molecule has 2 heterocycles. The fourth-order valence-electron chi connectivity index (χ4n) is 8.96. The van der Waals surface area contributed by atoms with Gasteiger partial charge in [-0.3, -0.25) is 0 Å². The summed E-state index contributed by atoms with van der Waals surface area (Å²) in [4.78, 5) is 10.4. The highest BCUT2D eigenvalue weighted by Crippen LogP contribution is 2.58. The van der Waals surface area contributed by atoms with Crippen molar-refractivity contribution in [3.63, 3.8) is 0 Å². The second-order valence-electron chi connectivity index (χ2n) is 14.4. The first kappa shape index (κ1) is 32.5. The van der Waals surface area contributed by atoms with E-state index < -0.39 is 5.41 Å². The number of aromatic nitrogens is 2. The lowest BCUT2D eigenvalue weighted by Gasteiger charge is -2.35. The zero-order valence-corrected chi connectivity index (χ0v) is 31.2. The number of rotatable bonds is 6. The SMILES string of the molecule is c1ccc(-c2nc(-c3ccc(-c4cccc5c4C(c4ccccc4)(c4ccccc4)c4ccccc4-5)cc3)cc(-c3cccc4c3sc3ccccc34)n2)cc1. The van der Waals surface area contributed by atoms with E-state index in [2.05, 4.69) is 188 Å². The van der Waals surface area contributed by atoms with Crippen LogP contribution in [0.3, 0.4) is 0 Å². The van der Waals surface area contributed by atoms with E-state index in [4.69, 9.17) is 9.97 Å². The molecule has 0 fully saturated rings. The summed E-state index contributed by atoms with van der Waals surface area (Å²) in [6.07, 6.45) is 0. The molecule has 11 rings (SSSR count). The molecule has 10 aromatic rings. The van der Waals surface area contributed by atoms with Crippen LogP contribution in [-0.4, -0.2) is 9.97 Å². The summed E-state index contributed by atoms with van der Waals surface area (Å²) in [6, 6.07) is 74.5. The number of fused-ring (bicyclic) bond motifs is 6. The van der Waals surface area contributed by atoms with Crippen molar-refractivity contribution >= 4 is 31.5 Å². The van der Waals surface area contributed by atoms with E-state index in [0.717, 1.165) is 33.9 Å². The zero-order chi connectivity index (χ0) is 37.1.